The van der Waals surface area contributed by atoms with Gasteiger partial charge in [0.1, 0.15) is 0 Å². The van der Waals surface area contributed by atoms with Crippen molar-refractivity contribution in [1.29, 1.82) is 0 Å². The molecule has 0 amide bonds. The van der Waals surface area contributed by atoms with Crippen LogP contribution in [0.4, 0.5) is 11.9 Å². The minimum absolute atomic E-state index is 0.0385. The maximum absolute atomic E-state index is 6.13. The SMILES string of the molecule is C=CCN(CC=C)c1nc(Cl)nc(NC2CC(C)(C)NC(C)(C)C2)n1. The molecule has 0 aromatic carbocycles. The highest BCUT2D eigenvalue weighted by atomic mass is 35.5. The van der Waals surface area contributed by atoms with Crippen molar-refractivity contribution in [1.82, 2.24) is 20.3 Å². The lowest BCUT2D eigenvalue weighted by Crippen LogP contribution is -2.60. The quantitative estimate of drug-likeness (QED) is 0.722. The van der Waals surface area contributed by atoms with Crippen molar-refractivity contribution in [2.24, 2.45) is 0 Å². The van der Waals surface area contributed by atoms with Crippen molar-refractivity contribution in [3.63, 3.8) is 0 Å². The Morgan fingerprint density at radius 1 is 1.12 bits per heavy atom. The van der Waals surface area contributed by atoms with Gasteiger partial charge in [-0.1, -0.05) is 12.2 Å². The largest absolute Gasteiger partial charge is 0.351 e. The van der Waals surface area contributed by atoms with Crippen LogP contribution in [-0.2, 0) is 0 Å². The molecule has 0 bridgehead atoms. The highest BCUT2D eigenvalue weighted by Crippen LogP contribution is 2.30. The zero-order chi connectivity index (χ0) is 18.7. The zero-order valence-electron chi connectivity index (χ0n) is 15.6. The second-order valence-electron chi connectivity index (χ2n) is 7.85. The Hall–Kier alpha value is -1.66. The Morgan fingerprint density at radius 2 is 1.68 bits per heavy atom. The van der Waals surface area contributed by atoms with E-state index in [1.54, 1.807) is 12.2 Å². The van der Waals surface area contributed by atoms with Crippen LogP contribution in [0.25, 0.3) is 0 Å². The van der Waals surface area contributed by atoms with Crippen molar-refractivity contribution in [3.8, 4) is 0 Å². The predicted octanol–water partition coefficient (Wildman–Crippen LogP) is 3.42. The standard InChI is InChI=1S/C18H29ClN6/c1-7-9-25(10-8-2)16-22-14(19)21-15(23-16)20-13-11-17(3,4)24-18(5,6)12-13/h7-8,13,24H,1-2,9-12H2,3-6H3,(H,20,21,22,23). The highest BCUT2D eigenvalue weighted by molar-refractivity contribution is 6.28. The molecule has 1 aromatic heterocycles. The van der Waals surface area contributed by atoms with Crippen LogP contribution in [0.1, 0.15) is 40.5 Å². The van der Waals surface area contributed by atoms with Crippen LogP contribution in [0.5, 0.6) is 0 Å². The van der Waals surface area contributed by atoms with E-state index >= 15 is 0 Å². The lowest BCUT2D eigenvalue weighted by Gasteiger charge is -2.46. The Labute approximate surface area is 155 Å². The Kier molecular flexibility index (Phi) is 6.06. The first-order valence-electron chi connectivity index (χ1n) is 8.58. The lowest BCUT2D eigenvalue weighted by atomic mass is 9.80. The maximum Gasteiger partial charge on any atom is 0.232 e. The van der Waals surface area contributed by atoms with Gasteiger partial charge < -0.3 is 15.5 Å². The van der Waals surface area contributed by atoms with Crippen LogP contribution in [0, 0.1) is 0 Å². The normalized spacial score (nSPS) is 19.2. The first kappa shape index (κ1) is 19.7. The summed E-state index contributed by atoms with van der Waals surface area (Å²) >= 11 is 6.13. The molecular formula is C18H29ClN6. The molecule has 0 unspecified atom stereocenters. The van der Waals surface area contributed by atoms with Gasteiger partial charge in [-0.3, -0.25) is 0 Å². The minimum atomic E-state index is 0.0385. The van der Waals surface area contributed by atoms with Gasteiger partial charge >= 0.3 is 0 Å². The van der Waals surface area contributed by atoms with Crippen LogP contribution < -0.4 is 15.5 Å². The summed E-state index contributed by atoms with van der Waals surface area (Å²) in [5, 5.41) is 7.30. The molecule has 2 rings (SSSR count). The van der Waals surface area contributed by atoms with Crippen LogP contribution in [0.3, 0.4) is 0 Å². The van der Waals surface area contributed by atoms with E-state index in [0.29, 0.717) is 25.0 Å². The zero-order valence-corrected chi connectivity index (χ0v) is 16.4. The molecule has 0 radical (unpaired) electrons. The molecule has 0 spiro atoms. The molecule has 1 aromatic rings. The van der Waals surface area contributed by atoms with E-state index in [2.05, 4.69) is 66.4 Å². The molecule has 2 heterocycles. The fraction of sp³-hybridized carbons (Fsp3) is 0.611. The van der Waals surface area contributed by atoms with Gasteiger partial charge in [-0.05, 0) is 52.1 Å². The highest BCUT2D eigenvalue weighted by Gasteiger charge is 2.37. The van der Waals surface area contributed by atoms with Crippen LogP contribution in [0.2, 0.25) is 5.28 Å². The molecule has 6 nitrogen and oxygen atoms in total. The number of hydrogen-bond acceptors (Lipinski definition) is 6. The second-order valence-corrected chi connectivity index (χ2v) is 8.19. The van der Waals surface area contributed by atoms with Crippen LogP contribution in [0.15, 0.2) is 25.3 Å². The van der Waals surface area contributed by atoms with Gasteiger partial charge in [-0.2, -0.15) is 15.0 Å². The smallest absolute Gasteiger partial charge is 0.232 e. The first-order chi connectivity index (χ1) is 11.6. The second kappa shape index (κ2) is 7.70. The summed E-state index contributed by atoms with van der Waals surface area (Å²) < 4.78 is 0. The van der Waals surface area contributed by atoms with Gasteiger partial charge in [0.2, 0.25) is 17.2 Å². The number of nitrogens with one attached hydrogen (secondary N) is 2. The van der Waals surface area contributed by atoms with E-state index in [9.17, 15) is 0 Å². The van der Waals surface area contributed by atoms with Crippen molar-refractivity contribution >= 4 is 23.5 Å². The number of rotatable bonds is 7. The third kappa shape index (κ3) is 5.68. The van der Waals surface area contributed by atoms with Crippen LogP contribution >= 0.6 is 11.6 Å². The molecule has 0 saturated carbocycles. The van der Waals surface area contributed by atoms with E-state index in [-0.39, 0.29) is 22.4 Å². The summed E-state index contributed by atoms with van der Waals surface area (Å²) in [6.07, 6.45) is 5.54. The van der Waals surface area contributed by atoms with E-state index in [4.69, 9.17) is 11.6 Å². The number of anilines is 2. The number of aromatic nitrogens is 3. The van der Waals surface area contributed by atoms with Crippen molar-refractivity contribution in [2.75, 3.05) is 23.3 Å². The Bertz CT molecular complexity index is 602. The maximum atomic E-state index is 6.13. The molecule has 138 valence electrons. The Balaban J connectivity index is 2.22. The first-order valence-corrected chi connectivity index (χ1v) is 8.96. The fourth-order valence-electron chi connectivity index (χ4n) is 3.70. The van der Waals surface area contributed by atoms with E-state index in [1.807, 2.05) is 4.90 Å². The monoisotopic (exact) mass is 364 g/mol. The molecular weight excluding hydrogens is 336 g/mol. The number of nitrogens with zero attached hydrogens (tertiary/aromatic N) is 4. The average molecular weight is 365 g/mol. The molecule has 7 heteroatoms. The summed E-state index contributed by atoms with van der Waals surface area (Å²) in [6, 6.07) is 0.254. The predicted molar refractivity (Wildman–Crippen MR) is 105 cm³/mol. The fourth-order valence-corrected chi connectivity index (χ4v) is 3.86. The third-order valence-electron chi connectivity index (χ3n) is 4.10. The molecule has 1 fully saturated rings. The summed E-state index contributed by atoms with van der Waals surface area (Å²) in [5.74, 6) is 1.03. The van der Waals surface area contributed by atoms with Crippen molar-refractivity contribution in [3.05, 3.63) is 30.6 Å². The van der Waals surface area contributed by atoms with Crippen molar-refractivity contribution < 1.29 is 0 Å². The third-order valence-corrected chi connectivity index (χ3v) is 4.27. The average Bonchev–Trinajstić information content (AvgIpc) is 2.42. The molecule has 25 heavy (non-hydrogen) atoms. The van der Waals surface area contributed by atoms with Crippen LogP contribution in [-0.4, -0.2) is 45.2 Å². The van der Waals surface area contributed by atoms with Gasteiger partial charge in [0, 0.05) is 30.2 Å². The molecule has 2 N–H and O–H groups in total. The van der Waals surface area contributed by atoms with E-state index < -0.39 is 0 Å². The molecule has 1 aliphatic heterocycles. The Morgan fingerprint density at radius 3 is 2.20 bits per heavy atom. The summed E-state index contributed by atoms with van der Waals surface area (Å²) in [4.78, 5) is 15.0. The van der Waals surface area contributed by atoms with Crippen molar-refractivity contribution in [2.45, 2.75) is 57.7 Å². The minimum Gasteiger partial charge on any atom is -0.351 e. The van der Waals surface area contributed by atoms with Gasteiger partial charge in [0.05, 0.1) is 0 Å². The van der Waals surface area contributed by atoms with Gasteiger partial charge in [-0.15, -0.1) is 13.2 Å². The summed E-state index contributed by atoms with van der Waals surface area (Å²) in [5.41, 5.74) is 0.0770. The molecule has 1 saturated heterocycles. The summed E-state index contributed by atoms with van der Waals surface area (Å²) in [6.45, 7) is 17.6. The van der Waals surface area contributed by atoms with Gasteiger partial charge in [-0.25, -0.2) is 0 Å². The molecule has 0 aliphatic carbocycles. The number of hydrogen-bond donors (Lipinski definition) is 2. The number of piperidine rings is 1. The topological polar surface area (TPSA) is 66.0 Å². The summed E-state index contributed by atoms with van der Waals surface area (Å²) in [7, 11) is 0. The molecule has 0 atom stereocenters. The van der Waals surface area contributed by atoms with Gasteiger partial charge in [0.25, 0.3) is 0 Å². The number of halogens is 1. The van der Waals surface area contributed by atoms with E-state index in [1.165, 1.54) is 0 Å². The lowest BCUT2D eigenvalue weighted by molar-refractivity contribution is 0.170. The van der Waals surface area contributed by atoms with E-state index in [0.717, 1.165) is 12.8 Å². The molecule has 1 aliphatic rings. The van der Waals surface area contributed by atoms with Gasteiger partial charge in [0.15, 0.2) is 0 Å².